The Bertz CT molecular complexity index is 381. The number of hydrogen-bond acceptors (Lipinski definition) is 3. The van der Waals surface area contributed by atoms with E-state index in [0.717, 1.165) is 36.2 Å². The second-order valence-electron chi connectivity index (χ2n) is 3.07. The summed E-state index contributed by atoms with van der Waals surface area (Å²) in [4.78, 5) is 14.7. The smallest absolute Gasteiger partial charge is 0.380 e. The highest BCUT2D eigenvalue weighted by molar-refractivity contribution is 5.28. The topological polar surface area (TPSA) is 55.1 Å². The predicted octanol–water partition coefficient (Wildman–Crippen LogP) is 0.278. The van der Waals surface area contributed by atoms with Crippen molar-refractivity contribution in [1.29, 1.82) is 0 Å². The van der Waals surface area contributed by atoms with Gasteiger partial charge in [-0.1, -0.05) is 0 Å². The van der Waals surface area contributed by atoms with Crippen LogP contribution in [0.3, 0.4) is 0 Å². The third kappa shape index (κ3) is 0.841. The Balaban J connectivity index is 2.78. The maximum absolute atomic E-state index is 11.0. The number of fused-ring (bicyclic) bond motifs is 1. The van der Waals surface area contributed by atoms with Crippen molar-refractivity contribution in [2.45, 2.75) is 26.2 Å². The maximum atomic E-state index is 11.0. The molecule has 1 N–H and O–H groups in total. The van der Waals surface area contributed by atoms with Crippen LogP contribution in [0.5, 0.6) is 0 Å². The maximum Gasteiger partial charge on any atom is 0.380 e. The molecular formula is C8H10N2O2. The average Bonchev–Trinajstić information content (AvgIpc) is 2.48. The Morgan fingerprint density at radius 2 is 2.25 bits per heavy atom. The van der Waals surface area contributed by atoms with Gasteiger partial charge in [-0.25, -0.2) is 4.79 Å². The molecule has 0 bridgehead atoms. The molecule has 0 fully saturated rings. The van der Waals surface area contributed by atoms with Gasteiger partial charge in [0.25, 0.3) is 0 Å². The van der Waals surface area contributed by atoms with E-state index in [9.17, 15) is 10.0 Å². The summed E-state index contributed by atoms with van der Waals surface area (Å²) < 4.78 is 0.676. The molecule has 64 valence electrons. The Hall–Kier alpha value is -1.32. The molecular weight excluding hydrogens is 156 g/mol. The van der Waals surface area contributed by atoms with Crippen molar-refractivity contribution in [3.8, 4) is 0 Å². The predicted molar refractivity (Wildman–Crippen MR) is 42.4 cm³/mol. The molecule has 0 amide bonds. The Morgan fingerprint density at radius 3 is 3.00 bits per heavy atom. The van der Waals surface area contributed by atoms with Gasteiger partial charge >= 0.3 is 5.69 Å². The molecule has 1 aliphatic carbocycles. The van der Waals surface area contributed by atoms with Gasteiger partial charge in [0.05, 0.1) is 5.69 Å². The normalized spacial score (nSPS) is 14.8. The van der Waals surface area contributed by atoms with E-state index >= 15 is 0 Å². The summed E-state index contributed by atoms with van der Waals surface area (Å²) in [5.41, 5.74) is 1.98. The Labute approximate surface area is 69.4 Å². The van der Waals surface area contributed by atoms with Crippen LogP contribution in [0.25, 0.3) is 0 Å². The molecule has 0 radical (unpaired) electrons. The van der Waals surface area contributed by atoms with Gasteiger partial charge in [0.15, 0.2) is 0 Å². The van der Waals surface area contributed by atoms with Gasteiger partial charge in [-0.3, -0.25) is 0 Å². The molecule has 0 unspecified atom stereocenters. The highest BCUT2D eigenvalue weighted by Crippen LogP contribution is 2.21. The van der Waals surface area contributed by atoms with Crippen LogP contribution < -0.4 is 5.69 Å². The highest BCUT2D eigenvalue weighted by Gasteiger charge is 2.18. The molecule has 1 heterocycles. The lowest BCUT2D eigenvalue weighted by Gasteiger charge is -2.04. The monoisotopic (exact) mass is 166 g/mol. The summed E-state index contributed by atoms with van der Waals surface area (Å²) >= 11 is 0. The minimum atomic E-state index is -0.562. The first-order valence-corrected chi connectivity index (χ1v) is 4.01. The number of aromatic nitrogens is 2. The lowest BCUT2D eigenvalue weighted by molar-refractivity contribution is 0.160. The third-order valence-electron chi connectivity index (χ3n) is 2.33. The van der Waals surface area contributed by atoms with Gasteiger partial charge in [-0.15, -0.1) is 4.73 Å². The minimum absolute atomic E-state index is 0.562. The minimum Gasteiger partial charge on any atom is -0.424 e. The van der Waals surface area contributed by atoms with Crippen LogP contribution in [0.15, 0.2) is 4.79 Å². The van der Waals surface area contributed by atoms with Crippen LogP contribution in [0.2, 0.25) is 0 Å². The molecule has 1 aromatic heterocycles. The Kier molecular flexibility index (Phi) is 1.43. The molecule has 0 saturated heterocycles. The molecule has 0 spiro atoms. The van der Waals surface area contributed by atoms with Crippen LogP contribution in [-0.4, -0.2) is 14.9 Å². The first-order chi connectivity index (χ1) is 5.70. The molecule has 4 nitrogen and oxygen atoms in total. The van der Waals surface area contributed by atoms with Gasteiger partial charge in [0.2, 0.25) is 0 Å². The average molecular weight is 166 g/mol. The van der Waals surface area contributed by atoms with Crippen molar-refractivity contribution >= 4 is 0 Å². The van der Waals surface area contributed by atoms with Crippen molar-refractivity contribution in [1.82, 2.24) is 9.71 Å². The molecule has 1 aliphatic rings. The summed E-state index contributed by atoms with van der Waals surface area (Å²) in [5, 5.41) is 9.28. The van der Waals surface area contributed by atoms with E-state index in [1.165, 1.54) is 0 Å². The highest BCUT2D eigenvalue weighted by atomic mass is 16.5. The fourth-order valence-corrected chi connectivity index (χ4v) is 1.73. The molecule has 0 saturated carbocycles. The summed E-state index contributed by atoms with van der Waals surface area (Å²) in [5.74, 6) is 0. The van der Waals surface area contributed by atoms with E-state index in [4.69, 9.17) is 0 Å². The standard InChI is InChI=1S/C8H10N2O2/c1-5-6-3-2-4-7(6)10(12)8(11)9-5/h12H,2-4H2,1H3. The van der Waals surface area contributed by atoms with Gasteiger partial charge in [-0.2, -0.15) is 4.98 Å². The zero-order valence-corrected chi connectivity index (χ0v) is 6.87. The summed E-state index contributed by atoms with van der Waals surface area (Å²) in [6.45, 7) is 1.81. The van der Waals surface area contributed by atoms with Crippen LogP contribution >= 0.6 is 0 Å². The van der Waals surface area contributed by atoms with Gasteiger partial charge in [0.1, 0.15) is 0 Å². The summed E-state index contributed by atoms with van der Waals surface area (Å²) in [6.07, 6.45) is 2.71. The SMILES string of the molecule is Cc1nc(=O)n(O)c2c1CCC2. The second-order valence-corrected chi connectivity index (χ2v) is 3.07. The molecule has 4 heteroatoms. The van der Waals surface area contributed by atoms with E-state index < -0.39 is 5.69 Å². The Morgan fingerprint density at radius 1 is 1.50 bits per heavy atom. The van der Waals surface area contributed by atoms with Gasteiger partial charge < -0.3 is 5.21 Å². The number of aryl methyl sites for hydroxylation is 1. The first-order valence-electron chi connectivity index (χ1n) is 4.01. The lowest BCUT2D eigenvalue weighted by atomic mass is 10.2. The van der Waals surface area contributed by atoms with Gasteiger partial charge in [0, 0.05) is 5.69 Å². The quantitative estimate of drug-likeness (QED) is 0.563. The van der Waals surface area contributed by atoms with Crippen LogP contribution in [0, 0.1) is 6.92 Å². The zero-order chi connectivity index (χ0) is 8.72. The lowest BCUT2D eigenvalue weighted by Crippen LogP contribution is -2.25. The first kappa shape index (κ1) is 7.34. The van der Waals surface area contributed by atoms with E-state index in [1.54, 1.807) is 0 Å². The largest absolute Gasteiger partial charge is 0.424 e. The molecule has 12 heavy (non-hydrogen) atoms. The summed E-state index contributed by atoms with van der Waals surface area (Å²) in [7, 11) is 0. The number of nitrogens with zero attached hydrogens (tertiary/aromatic N) is 2. The van der Waals surface area contributed by atoms with Crippen molar-refractivity contribution in [2.75, 3.05) is 0 Å². The van der Waals surface area contributed by atoms with E-state index in [0.29, 0.717) is 4.73 Å². The molecule has 0 aliphatic heterocycles. The van der Waals surface area contributed by atoms with Gasteiger partial charge in [-0.05, 0) is 31.7 Å². The van der Waals surface area contributed by atoms with Crippen LogP contribution in [-0.2, 0) is 12.8 Å². The summed E-state index contributed by atoms with van der Waals surface area (Å²) in [6, 6.07) is 0. The van der Waals surface area contributed by atoms with E-state index in [1.807, 2.05) is 6.92 Å². The van der Waals surface area contributed by atoms with Crippen molar-refractivity contribution in [3.05, 3.63) is 27.4 Å². The molecule has 0 aromatic carbocycles. The molecule has 1 aromatic rings. The van der Waals surface area contributed by atoms with Crippen LogP contribution in [0.4, 0.5) is 0 Å². The van der Waals surface area contributed by atoms with Crippen molar-refractivity contribution in [3.63, 3.8) is 0 Å². The number of rotatable bonds is 0. The fraction of sp³-hybridized carbons (Fsp3) is 0.500. The second kappa shape index (κ2) is 2.33. The molecule has 0 atom stereocenters. The fourth-order valence-electron chi connectivity index (χ4n) is 1.73. The van der Waals surface area contributed by atoms with E-state index in [2.05, 4.69) is 4.98 Å². The molecule has 2 rings (SSSR count). The number of hydrogen-bond donors (Lipinski definition) is 1. The van der Waals surface area contributed by atoms with Crippen molar-refractivity contribution in [2.24, 2.45) is 0 Å². The third-order valence-corrected chi connectivity index (χ3v) is 2.33. The zero-order valence-electron chi connectivity index (χ0n) is 6.87. The van der Waals surface area contributed by atoms with E-state index in [-0.39, 0.29) is 0 Å². The van der Waals surface area contributed by atoms with Crippen LogP contribution in [0.1, 0.15) is 23.4 Å². The van der Waals surface area contributed by atoms with Crippen molar-refractivity contribution < 1.29 is 5.21 Å².